The Labute approximate surface area is 196 Å². The maximum atomic E-state index is 13.6. The Morgan fingerprint density at radius 2 is 1.74 bits per heavy atom. The molecule has 2 atom stereocenters. The number of alkyl halides is 6. The van der Waals surface area contributed by atoms with Crippen molar-refractivity contribution >= 4 is 17.3 Å². The Morgan fingerprint density at radius 3 is 2.31 bits per heavy atom. The van der Waals surface area contributed by atoms with Crippen molar-refractivity contribution in [3.05, 3.63) is 53.6 Å². The first kappa shape index (κ1) is 24.7. The van der Waals surface area contributed by atoms with Crippen LogP contribution >= 0.6 is 0 Å². The molecule has 0 bridgehead atoms. The fraction of sp³-hybridized carbons (Fsp3) is 0.391. The minimum absolute atomic E-state index is 0.00721. The van der Waals surface area contributed by atoms with Crippen LogP contribution in [0.2, 0.25) is 0 Å². The molecule has 2 saturated heterocycles. The van der Waals surface area contributed by atoms with Crippen LogP contribution in [0.3, 0.4) is 0 Å². The Balaban J connectivity index is 1.48. The number of halogens is 6. The number of hydrogen-bond donors (Lipinski definition) is 0. The van der Waals surface area contributed by atoms with Crippen LogP contribution in [-0.2, 0) is 15.7 Å². The van der Waals surface area contributed by atoms with E-state index in [1.807, 2.05) is 0 Å². The lowest BCUT2D eigenvalue weighted by Crippen LogP contribution is -2.42. The molecule has 0 radical (unpaired) electrons. The van der Waals surface area contributed by atoms with Gasteiger partial charge in [-0.25, -0.2) is 0 Å². The fourth-order valence-electron chi connectivity index (χ4n) is 4.08. The van der Waals surface area contributed by atoms with Crippen molar-refractivity contribution in [2.24, 2.45) is 0 Å². The van der Waals surface area contributed by atoms with E-state index in [-0.39, 0.29) is 24.7 Å². The zero-order valence-corrected chi connectivity index (χ0v) is 18.1. The zero-order chi connectivity index (χ0) is 25.4. The number of ether oxygens (including phenoxy) is 2. The van der Waals surface area contributed by atoms with Gasteiger partial charge in [-0.1, -0.05) is 0 Å². The molecule has 12 heteroatoms. The fourth-order valence-corrected chi connectivity index (χ4v) is 4.08. The van der Waals surface area contributed by atoms with Crippen LogP contribution in [-0.4, -0.2) is 44.1 Å². The largest absolute Gasteiger partial charge is 0.491 e. The summed E-state index contributed by atoms with van der Waals surface area (Å²) >= 11 is 0. The van der Waals surface area contributed by atoms with Gasteiger partial charge in [-0.2, -0.15) is 31.6 Å². The summed E-state index contributed by atoms with van der Waals surface area (Å²) in [6, 6.07) is 10.2. The van der Waals surface area contributed by atoms with Crippen LogP contribution in [0.1, 0.15) is 24.0 Å². The van der Waals surface area contributed by atoms with Gasteiger partial charge in [-0.3, -0.25) is 4.79 Å². The highest BCUT2D eigenvalue weighted by atomic mass is 19.4. The van der Waals surface area contributed by atoms with Gasteiger partial charge in [0.25, 0.3) is 0 Å². The summed E-state index contributed by atoms with van der Waals surface area (Å²) < 4.78 is 91.4. The first-order valence-electron chi connectivity index (χ1n) is 10.6. The van der Waals surface area contributed by atoms with E-state index in [1.54, 1.807) is 29.2 Å². The zero-order valence-electron chi connectivity index (χ0n) is 18.1. The molecule has 0 N–H and O–H groups in total. The molecule has 2 aliphatic rings. The molecule has 186 valence electrons. The molecule has 2 heterocycles. The second kappa shape index (κ2) is 9.30. The second-order valence-electron chi connectivity index (χ2n) is 8.10. The van der Waals surface area contributed by atoms with E-state index < -0.39 is 35.8 Å². The topological polar surface area (TPSA) is 65.8 Å². The number of rotatable bonds is 5. The van der Waals surface area contributed by atoms with E-state index in [9.17, 15) is 31.1 Å². The molecule has 0 saturated carbocycles. The minimum atomic E-state index is -4.91. The van der Waals surface area contributed by atoms with Crippen molar-refractivity contribution in [2.45, 2.75) is 37.5 Å². The van der Waals surface area contributed by atoms with Gasteiger partial charge in [0.1, 0.15) is 18.5 Å². The third kappa shape index (κ3) is 5.30. The summed E-state index contributed by atoms with van der Waals surface area (Å²) in [7, 11) is 0. The van der Waals surface area contributed by atoms with E-state index in [0.717, 1.165) is 18.6 Å². The summed E-state index contributed by atoms with van der Waals surface area (Å²) in [5.74, 6) is 0.344. The lowest BCUT2D eigenvalue weighted by Gasteiger charge is -2.27. The highest BCUT2D eigenvalue weighted by Gasteiger charge is 2.51. The number of carbonyl (C=O) groups excluding carboxylic acids is 1. The number of nitriles is 1. The average Bonchev–Trinajstić information content (AvgIpc) is 3.43. The van der Waals surface area contributed by atoms with Crippen molar-refractivity contribution in [1.29, 1.82) is 5.26 Å². The highest BCUT2D eigenvalue weighted by Crippen LogP contribution is 2.39. The van der Waals surface area contributed by atoms with Gasteiger partial charge in [-0.05, 0) is 48.9 Å². The Hall–Kier alpha value is -3.46. The van der Waals surface area contributed by atoms with Gasteiger partial charge in [0.15, 0.2) is 0 Å². The first-order valence-corrected chi connectivity index (χ1v) is 10.6. The molecule has 35 heavy (non-hydrogen) atoms. The van der Waals surface area contributed by atoms with Gasteiger partial charge < -0.3 is 19.3 Å². The average molecular weight is 499 g/mol. The number of carbonyl (C=O) groups is 1. The van der Waals surface area contributed by atoms with Crippen LogP contribution < -0.4 is 14.5 Å². The standard InChI is InChI=1S/C23H19F6N3O3/c24-22(25,26)19-10-16(4-3-14(19)11-30)32-12-18(35-21(32)23(27,28)29)13-34-17-7-5-15(6-8-17)31-9-1-2-20(31)33/h3-8,10,18,21H,1-2,9,12-13H2/t18-,21+/m0/s1. The van der Waals surface area contributed by atoms with Crippen molar-refractivity contribution in [2.75, 3.05) is 29.5 Å². The van der Waals surface area contributed by atoms with Gasteiger partial charge in [0.05, 0.1) is 23.7 Å². The molecule has 0 unspecified atom stereocenters. The number of amides is 1. The van der Waals surface area contributed by atoms with Crippen LogP contribution in [0.25, 0.3) is 0 Å². The number of benzene rings is 2. The summed E-state index contributed by atoms with van der Waals surface area (Å²) in [4.78, 5) is 14.1. The van der Waals surface area contributed by atoms with Crippen LogP contribution in [0, 0.1) is 11.3 Å². The second-order valence-corrected chi connectivity index (χ2v) is 8.10. The molecular formula is C23H19F6N3O3. The summed E-state index contributed by atoms with van der Waals surface area (Å²) in [6.45, 7) is -0.0593. The number of anilines is 2. The van der Waals surface area contributed by atoms with Gasteiger partial charge in [0.2, 0.25) is 12.1 Å². The third-order valence-corrected chi connectivity index (χ3v) is 5.70. The maximum absolute atomic E-state index is 13.6. The summed E-state index contributed by atoms with van der Waals surface area (Å²) in [6.07, 6.45) is -12.1. The number of hydrogen-bond acceptors (Lipinski definition) is 5. The lowest BCUT2D eigenvalue weighted by molar-refractivity contribution is -0.215. The molecule has 2 aromatic carbocycles. The SMILES string of the molecule is N#Cc1ccc(N2C[C@@H](COc3ccc(N4CCCC4=O)cc3)O[C@@H]2C(F)(F)F)cc1C(F)(F)F. The highest BCUT2D eigenvalue weighted by molar-refractivity contribution is 5.95. The van der Waals surface area contributed by atoms with Crippen molar-refractivity contribution in [1.82, 2.24) is 0 Å². The van der Waals surface area contributed by atoms with Gasteiger partial charge >= 0.3 is 12.4 Å². The molecule has 2 fully saturated rings. The monoisotopic (exact) mass is 499 g/mol. The third-order valence-electron chi connectivity index (χ3n) is 5.70. The Kier molecular flexibility index (Phi) is 6.55. The molecule has 0 spiro atoms. The molecule has 4 rings (SSSR count). The van der Waals surface area contributed by atoms with Crippen molar-refractivity contribution < 1.29 is 40.6 Å². The van der Waals surface area contributed by atoms with E-state index in [4.69, 9.17) is 14.7 Å². The Bertz CT molecular complexity index is 1130. The number of nitrogens with zero attached hydrogens (tertiary/aromatic N) is 3. The molecule has 2 aromatic rings. The molecule has 0 aliphatic carbocycles. The van der Waals surface area contributed by atoms with Crippen molar-refractivity contribution in [3.63, 3.8) is 0 Å². The smallest absolute Gasteiger partial charge is 0.433 e. The van der Waals surface area contributed by atoms with Crippen LogP contribution in [0.4, 0.5) is 37.7 Å². The molecule has 0 aromatic heterocycles. The molecule has 2 aliphatic heterocycles. The predicted molar refractivity (Wildman–Crippen MR) is 112 cm³/mol. The predicted octanol–water partition coefficient (Wildman–Crippen LogP) is 4.88. The molecule has 1 amide bonds. The summed E-state index contributed by atoms with van der Waals surface area (Å²) in [5.41, 5.74) is -1.71. The van der Waals surface area contributed by atoms with E-state index in [0.29, 0.717) is 35.4 Å². The normalized spacial score (nSPS) is 20.9. The summed E-state index contributed by atoms with van der Waals surface area (Å²) in [5, 5.41) is 8.93. The van der Waals surface area contributed by atoms with E-state index in [1.165, 1.54) is 6.07 Å². The minimum Gasteiger partial charge on any atom is -0.491 e. The van der Waals surface area contributed by atoms with Crippen LogP contribution in [0.15, 0.2) is 42.5 Å². The van der Waals surface area contributed by atoms with E-state index >= 15 is 0 Å². The van der Waals surface area contributed by atoms with Gasteiger partial charge in [0, 0.05) is 24.3 Å². The quantitative estimate of drug-likeness (QED) is 0.549. The molecular weight excluding hydrogens is 480 g/mol. The van der Waals surface area contributed by atoms with Crippen molar-refractivity contribution in [3.8, 4) is 11.8 Å². The molecule has 6 nitrogen and oxygen atoms in total. The Morgan fingerprint density at radius 1 is 1.06 bits per heavy atom. The lowest BCUT2D eigenvalue weighted by atomic mass is 10.1. The van der Waals surface area contributed by atoms with Gasteiger partial charge in [-0.15, -0.1) is 0 Å². The maximum Gasteiger partial charge on any atom is 0.433 e. The van der Waals surface area contributed by atoms with E-state index in [2.05, 4.69) is 0 Å². The van der Waals surface area contributed by atoms with Crippen LogP contribution in [0.5, 0.6) is 5.75 Å². The first-order chi connectivity index (χ1) is 16.5.